The van der Waals surface area contributed by atoms with Crippen molar-refractivity contribution >= 4 is 22.3 Å². The van der Waals surface area contributed by atoms with E-state index in [4.69, 9.17) is 0 Å². The van der Waals surface area contributed by atoms with E-state index < -0.39 is 0 Å². The van der Waals surface area contributed by atoms with Crippen molar-refractivity contribution < 1.29 is 4.92 Å². The van der Waals surface area contributed by atoms with Crippen molar-refractivity contribution in [1.29, 1.82) is 0 Å². The van der Waals surface area contributed by atoms with Crippen LogP contribution in [0.2, 0.25) is 0 Å². The maximum Gasteiger partial charge on any atom is 0.301 e. The van der Waals surface area contributed by atoms with Crippen molar-refractivity contribution in [2.75, 3.05) is 5.32 Å². The van der Waals surface area contributed by atoms with Gasteiger partial charge in [0.15, 0.2) is 0 Å². The van der Waals surface area contributed by atoms with E-state index in [2.05, 4.69) is 17.2 Å². The molecule has 0 saturated heterocycles. The first-order valence-electron chi connectivity index (χ1n) is 7.45. The second kappa shape index (κ2) is 5.68. The molecule has 2 unspecified atom stereocenters. The van der Waals surface area contributed by atoms with E-state index in [1.165, 1.54) is 19.3 Å². The molecule has 1 fully saturated rings. The topological polar surface area (TPSA) is 68.1 Å². The Labute approximate surface area is 123 Å². The highest BCUT2D eigenvalue weighted by molar-refractivity contribution is 5.94. The van der Waals surface area contributed by atoms with Gasteiger partial charge in [-0.15, -0.1) is 0 Å². The second-order valence-electron chi connectivity index (χ2n) is 5.80. The molecule has 3 rings (SSSR count). The SMILES string of the molecule is CC1CCCCC1Nc1ccc2ncccc2c1[N+](=O)[O-]. The van der Waals surface area contributed by atoms with Gasteiger partial charge in [0.2, 0.25) is 0 Å². The summed E-state index contributed by atoms with van der Waals surface area (Å²) in [6.07, 6.45) is 6.35. The van der Waals surface area contributed by atoms with Gasteiger partial charge in [-0.05, 0) is 43.0 Å². The summed E-state index contributed by atoms with van der Waals surface area (Å²) in [4.78, 5) is 15.4. The molecule has 110 valence electrons. The van der Waals surface area contributed by atoms with Crippen LogP contribution >= 0.6 is 0 Å². The van der Waals surface area contributed by atoms with Crippen LogP contribution in [0.15, 0.2) is 30.5 Å². The Morgan fingerprint density at radius 1 is 1.29 bits per heavy atom. The van der Waals surface area contributed by atoms with Gasteiger partial charge in [0.05, 0.1) is 15.8 Å². The quantitative estimate of drug-likeness (QED) is 0.680. The maximum absolute atomic E-state index is 11.5. The standard InChI is InChI=1S/C16H19N3O2/c1-11-5-2-3-7-13(11)18-15-9-8-14-12(6-4-10-17-14)16(15)19(20)21/h4,6,8-11,13,18H,2-3,5,7H2,1H3. The third-order valence-electron chi connectivity index (χ3n) is 4.39. The summed E-state index contributed by atoms with van der Waals surface area (Å²) < 4.78 is 0. The van der Waals surface area contributed by atoms with Gasteiger partial charge in [0, 0.05) is 12.2 Å². The van der Waals surface area contributed by atoms with Crippen LogP contribution in [-0.4, -0.2) is 15.9 Å². The molecule has 5 heteroatoms. The van der Waals surface area contributed by atoms with E-state index in [0.29, 0.717) is 28.6 Å². The maximum atomic E-state index is 11.5. The van der Waals surface area contributed by atoms with Gasteiger partial charge in [0.25, 0.3) is 0 Å². The predicted molar refractivity (Wildman–Crippen MR) is 83.4 cm³/mol. The fraction of sp³-hybridized carbons (Fsp3) is 0.438. The Morgan fingerprint density at radius 3 is 2.86 bits per heavy atom. The van der Waals surface area contributed by atoms with Gasteiger partial charge in [0.1, 0.15) is 5.69 Å². The van der Waals surface area contributed by atoms with Gasteiger partial charge in [-0.2, -0.15) is 0 Å². The van der Waals surface area contributed by atoms with Crippen molar-refractivity contribution in [2.24, 2.45) is 5.92 Å². The molecule has 21 heavy (non-hydrogen) atoms. The molecule has 0 spiro atoms. The molecule has 1 N–H and O–H groups in total. The van der Waals surface area contributed by atoms with Gasteiger partial charge in [-0.25, -0.2) is 0 Å². The lowest BCUT2D eigenvalue weighted by Crippen LogP contribution is -2.30. The minimum absolute atomic E-state index is 0.137. The molecule has 0 amide bonds. The van der Waals surface area contributed by atoms with Crippen LogP contribution in [0.25, 0.3) is 10.9 Å². The van der Waals surface area contributed by atoms with E-state index in [9.17, 15) is 10.1 Å². The molecule has 1 aliphatic carbocycles. The number of benzene rings is 1. The van der Waals surface area contributed by atoms with E-state index in [1.807, 2.05) is 6.07 Å². The van der Waals surface area contributed by atoms with Crippen molar-refractivity contribution in [2.45, 2.75) is 38.6 Å². The van der Waals surface area contributed by atoms with Crippen molar-refractivity contribution in [3.8, 4) is 0 Å². The van der Waals surface area contributed by atoms with Gasteiger partial charge in [-0.1, -0.05) is 19.8 Å². The number of aromatic nitrogens is 1. The molecular weight excluding hydrogens is 266 g/mol. The summed E-state index contributed by atoms with van der Waals surface area (Å²) in [6.45, 7) is 2.21. The highest BCUT2D eigenvalue weighted by Crippen LogP contribution is 2.35. The molecule has 0 aliphatic heterocycles. The molecule has 2 atom stereocenters. The number of nitro groups is 1. The monoisotopic (exact) mass is 285 g/mol. The molecule has 0 bridgehead atoms. The highest BCUT2D eigenvalue weighted by Gasteiger charge is 2.25. The first-order valence-corrected chi connectivity index (χ1v) is 7.45. The Morgan fingerprint density at radius 2 is 2.10 bits per heavy atom. The van der Waals surface area contributed by atoms with Crippen LogP contribution in [-0.2, 0) is 0 Å². The third kappa shape index (κ3) is 2.68. The fourth-order valence-electron chi connectivity index (χ4n) is 3.18. The number of nitrogens with zero attached hydrogens (tertiary/aromatic N) is 2. The minimum atomic E-state index is -0.306. The zero-order valence-corrected chi connectivity index (χ0v) is 12.1. The van der Waals surface area contributed by atoms with Crippen LogP contribution in [0.3, 0.4) is 0 Å². The first kappa shape index (κ1) is 13.8. The number of rotatable bonds is 3. The van der Waals surface area contributed by atoms with Crippen molar-refractivity contribution in [3.05, 3.63) is 40.6 Å². The van der Waals surface area contributed by atoms with Crippen molar-refractivity contribution in [3.63, 3.8) is 0 Å². The van der Waals surface area contributed by atoms with E-state index in [0.717, 1.165) is 6.42 Å². The average molecular weight is 285 g/mol. The average Bonchev–Trinajstić information content (AvgIpc) is 2.49. The lowest BCUT2D eigenvalue weighted by atomic mass is 9.86. The van der Waals surface area contributed by atoms with Crippen LogP contribution in [0, 0.1) is 16.0 Å². The minimum Gasteiger partial charge on any atom is -0.376 e. The van der Waals surface area contributed by atoms with Crippen LogP contribution in [0.4, 0.5) is 11.4 Å². The van der Waals surface area contributed by atoms with Crippen molar-refractivity contribution in [1.82, 2.24) is 4.98 Å². The lowest BCUT2D eigenvalue weighted by molar-refractivity contribution is -0.382. The Bertz CT molecular complexity index is 672. The molecule has 2 aromatic rings. The number of fused-ring (bicyclic) bond motifs is 1. The molecule has 1 heterocycles. The van der Waals surface area contributed by atoms with Gasteiger partial charge >= 0.3 is 5.69 Å². The normalized spacial score (nSPS) is 22.1. The second-order valence-corrected chi connectivity index (χ2v) is 5.80. The largest absolute Gasteiger partial charge is 0.376 e. The van der Waals surface area contributed by atoms with E-state index >= 15 is 0 Å². The number of nitrogens with one attached hydrogen (secondary N) is 1. The number of pyridine rings is 1. The van der Waals surface area contributed by atoms with Crippen LogP contribution in [0.5, 0.6) is 0 Å². The Hall–Kier alpha value is -2.17. The zero-order chi connectivity index (χ0) is 14.8. The summed E-state index contributed by atoms with van der Waals surface area (Å²) in [5.74, 6) is 0.544. The number of hydrogen-bond donors (Lipinski definition) is 1. The zero-order valence-electron chi connectivity index (χ0n) is 12.1. The van der Waals surface area contributed by atoms with Crippen LogP contribution in [0.1, 0.15) is 32.6 Å². The number of hydrogen-bond acceptors (Lipinski definition) is 4. The molecule has 5 nitrogen and oxygen atoms in total. The summed E-state index contributed by atoms with van der Waals surface area (Å²) in [6, 6.07) is 7.44. The predicted octanol–water partition coefficient (Wildman–Crippen LogP) is 4.13. The fourth-order valence-corrected chi connectivity index (χ4v) is 3.18. The molecule has 1 aromatic carbocycles. The molecule has 1 aromatic heterocycles. The number of anilines is 1. The number of nitro benzene ring substituents is 1. The summed E-state index contributed by atoms with van der Waals surface area (Å²) in [7, 11) is 0. The Balaban J connectivity index is 2.01. The molecular formula is C16H19N3O2. The molecule has 0 radical (unpaired) electrons. The summed E-state index contributed by atoms with van der Waals surface area (Å²) in [5.41, 5.74) is 1.41. The first-order chi connectivity index (χ1) is 10.2. The van der Waals surface area contributed by atoms with E-state index in [-0.39, 0.29) is 10.6 Å². The van der Waals surface area contributed by atoms with Gasteiger partial charge in [-0.3, -0.25) is 15.1 Å². The smallest absolute Gasteiger partial charge is 0.301 e. The Kier molecular flexibility index (Phi) is 3.73. The molecule has 1 saturated carbocycles. The summed E-state index contributed by atoms with van der Waals surface area (Å²) >= 11 is 0. The van der Waals surface area contributed by atoms with Gasteiger partial charge < -0.3 is 5.32 Å². The summed E-state index contributed by atoms with van der Waals surface area (Å²) in [5, 5.41) is 15.5. The van der Waals surface area contributed by atoms with E-state index in [1.54, 1.807) is 24.4 Å². The third-order valence-corrected chi connectivity index (χ3v) is 4.39. The lowest BCUT2D eigenvalue weighted by Gasteiger charge is -2.30. The van der Waals surface area contributed by atoms with Crippen LogP contribution < -0.4 is 5.32 Å². The highest BCUT2D eigenvalue weighted by atomic mass is 16.6. The molecule has 1 aliphatic rings.